The van der Waals surface area contributed by atoms with Gasteiger partial charge in [-0.05, 0) is 38.0 Å². The SMILES string of the molecule is CCOCCNC(C)Cc1ccc(Br)cc1. The second kappa shape index (κ2) is 7.82. The summed E-state index contributed by atoms with van der Waals surface area (Å²) < 4.78 is 6.41. The molecule has 1 N–H and O–H groups in total. The van der Waals surface area contributed by atoms with Crippen molar-refractivity contribution in [1.29, 1.82) is 0 Å². The Hall–Kier alpha value is -0.380. The zero-order chi connectivity index (χ0) is 11.8. The molecule has 16 heavy (non-hydrogen) atoms. The first-order chi connectivity index (χ1) is 7.72. The molecule has 0 bridgehead atoms. The van der Waals surface area contributed by atoms with Crippen LogP contribution in [0.4, 0.5) is 0 Å². The molecule has 0 heterocycles. The smallest absolute Gasteiger partial charge is 0.0590 e. The Morgan fingerprint density at radius 1 is 1.31 bits per heavy atom. The van der Waals surface area contributed by atoms with E-state index in [1.165, 1.54) is 5.56 Å². The third kappa shape index (κ3) is 5.64. The van der Waals surface area contributed by atoms with Gasteiger partial charge in [0.15, 0.2) is 0 Å². The molecule has 90 valence electrons. The van der Waals surface area contributed by atoms with Crippen molar-refractivity contribution < 1.29 is 4.74 Å². The summed E-state index contributed by atoms with van der Waals surface area (Å²) in [5.41, 5.74) is 1.36. The van der Waals surface area contributed by atoms with Crippen LogP contribution < -0.4 is 5.32 Å². The van der Waals surface area contributed by atoms with Crippen molar-refractivity contribution in [3.63, 3.8) is 0 Å². The lowest BCUT2D eigenvalue weighted by Gasteiger charge is -2.13. The first-order valence-electron chi connectivity index (χ1n) is 5.78. The van der Waals surface area contributed by atoms with Crippen LogP contribution in [-0.4, -0.2) is 25.8 Å². The fourth-order valence-corrected chi connectivity index (χ4v) is 1.83. The number of nitrogens with one attached hydrogen (secondary N) is 1. The number of ether oxygens (including phenoxy) is 1. The molecule has 2 nitrogen and oxygen atoms in total. The lowest BCUT2D eigenvalue weighted by atomic mass is 10.1. The summed E-state index contributed by atoms with van der Waals surface area (Å²) in [5, 5.41) is 3.44. The number of halogens is 1. The monoisotopic (exact) mass is 285 g/mol. The number of hydrogen-bond donors (Lipinski definition) is 1. The predicted octanol–water partition coefficient (Wildman–Crippen LogP) is 3.01. The molecule has 0 fully saturated rings. The van der Waals surface area contributed by atoms with Gasteiger partial charge in [0, 0.05) is 23.7 Å². The molecule has 0 saturated carbocycles. The van der Waals surface area contributed by atoms with Crippen molar-refractivity contribution in [3.8, 4) is 0 Å². The summed E-state index contributed by atoms with van der Waals surface area (Å²) in [5.74, 6) is 0. The summed E-state index contributed by atoms with van der Waals surface area (Å²) in [6.45, 7) is 6.73. The zero-order valence-electron chi connectivity index (χ0n) is 10.0. The Morgan fingerprint density at radius 3 is 2.62 bits per heavy atom. The van der Waals surface area contributed by atoms with Crippen LogP contribution >= 0.6 is 15.9 Å². The maximum atomic E-state index is 5.28. The van der Waals surface area contributed by atoms with E-state index in [0.29, 0.717) is 6.04 Å². The number of hydrogen-bond acceptors (Lipinski definition) is 2. The summed E-state index contributed by atoms with van der Waals surface area (Å²) in [4.78, 5) is 0. The van der Waals surface area contributed by atoms with E-state index >= 15 is 0 Å². The van der Waals surface area contributed by atoms with Gasteiger partial charge in [-0.2, -0.15) is 0 Å². The minimum absolute atomic E-state index is 0.488. The van der Waals surface area contributed by atoms with Crippen molar-refractivity contribution >= 4 is 15.9 Å². The molecule has 0 radical (unpaired) electrons. The molecule has 1 aromatic rings. The number of rotatable bonds is 7. The van der Waals surface area contributed by atoms with E-state index in [4.69, 9.17) is 4.74 Å². The third-order valence-corrected chi connectivity index (χ3v) is 2.93. The molecule has 0 saturated heterocycles. The van der Waals surface area contributed by atoms with E-state index in [1.54, 1.807) is 0 Å². The van der Waals surface area contributed by atoms with E-state index in [1.807, 2.05) is 6.92 Å². The topological polar surface area (TPSA) is 21.3 Å². The molecular weight excluding hydrogens is 266 g/mol. The highest BCUT2D eigenvalue weighted by Gasteiger charge is 2.02. The van der Waals surface area contributed by atoms with E-state index < -0.39 is 0 Å². The summed E-state index contributed by atoms with van der Waals surface area (Å²) in [7, 11) is 0. The first kappa shape index (κ1) is 13.7. The van der Waals surface area contributed by atoms with Crippen LogP contribution in [0.15, 0.2) is 28.7 Å². The summed E-state index contributed by atoms with van der Waals surface area (Å²) >= 11 is 3.44. The average molecular weight is 286 g/mol. The van der Waals surface area contributed by atoms with Gasteiger partial charge in [-0.1, -0.05) is 28.1 Å². The summed E-state index contributed by atoms with van der Waals surface area (Å²) in [6.07, 6.45) is 1.05. The van der Waals surface area contributed by atoms with Gasteiger partial charge in [0.05, 0.1) is 6.61 Å². The Balaban J connectivity index is 2.23. The molecule has 1 aromatic carbocycles. The highest BCUT2D eigenvalue weighted by Crippen LogP contribution is 2.11. The van der Waals surface area contributed by atoms with Crippen LogP contribution in [0.2, 0.25) is 0 Å². The Labute approximate surface area is 107 Å². The van der Waals surface area contributed by atoms with E-state index in [2.05, 4.69) is 52.4 Å². The van der Waals surface area contributed by atoms with E-state index in [-0.39, 0.29) is 0 Å². The van der Waals surface area contributed by atoms with Crippen LogP contribution in [0.5, 0.6) is 0 Å². The fraction of sp³-hybridized carbons (Fsp3) is 0.538. The molecule has 0 spiro atoms. The normalized spacial score (nSPS) is 12.7. The minimum Gasteiger partial charge on any atom is -0.380 e. The predicted molar refractivity (Wildman–Crippen MR) is 71.8 cm³/mol. The lowest BCUT2D eigenvalue weighted by molar-refractivity contribution is 0.147. The quantitative estimate of drug-likeness (QED) is 0.778. The van der Waals surface area contributed by atoms with Crippen molar-refractivity contribution in [2.45, 2.75) is 26.3 Å². The molecule has 3 heteroatoms. The van der Waals surface area contributed by atoms with Gasteiger partial charge in [0.1, 0.15) is 0 Å². The standard InChI is InChI=1S/C13H20BrNO/c1-3-16-9-8-15-11(2)10-12-4-6-13(14)7-5-12/h4-7,11,15H,3,8-10H2,1-2H3. The van der Waals surface area contributed by atoms with Gasteiger partial charge in [-0.25, -0.2) is 0 Å². The second-order valence-corrected chi connectivity index (χ2v) is 4.80. The molecule has 1 unspecified atom stereocenters. The highest BCUT2D eigenvalue weighted by atomic mass is 79.9. The molecule has 1 atom stereocenters. The molecule has 0 amide bonds. The van der Waals surface area contributed by atoms with Gasteiger partial charge in [-0.3, -0.25) is 0 Å². The van der Waals surface area contributed by atoms with E-state index in [9.17, 15) is 0 Å². The van der Waals surface area contributed by atoms with Crippen LogP contribution in [0.25, 0.3) is 0 Å². The highest BCUT2D eigenvalue weighted by molar-refractivity contribution is 9.10. The Bertz CT molecular complexity index is 286. The largest absolute Gasteiger partial charge is 0.380 e. The third-order valence-electron chi connectivity index (χ3n) is 2.40. The van der Waals surface area contributed by atoms with E-state index in [0.717, 1.165) is 30.7 Å². The maximum Gasteiger partial charge on any atom is 0.0590 e. The van der Waals surface area contributed by atoms with Crippen molar-refractivity contribution in [1.82, 2.24) is 5.32 Å². The number of benzene rings is 1. The fourth-order valence-electron chi connectivity index (χ4n) is 1.57. The summed E-state index contributed by atoms with van der Waals surface area (Å²) in [6, 6.07) is 8.97. The second-order valence-electron chi connectivity index (χ2n) is 3.88. The van der Waals surface area contributed by atoms with Crippen LogP contribution in [0, 0.1) is 0 Å². The van der Waals surface area contributed by atoms with Gasteiger partial charge in [0.25, 0.3) is 0 Å². The van der Waals surface area contributed by atoms with Crippen LogP contribution in [-0.2, 0) is 11.2 Å². The van der Waals surface area contributed by atoms with Crippen molar-refractivity contribution in [3.05, 3.63) is 34.3 Å². The zero-order valence-corrected chi connectivity index (χ0v) is 11.6. The van der Waals surface area contributed by atoms with Crippen LogP contribution in [0.3, 0.4) is 0 Å². The van der Waals surface area contributed by atoms with Crippen molar-refractivity contribution in [2.24, 2.45) is 0 Å². The molecular formula is C13H20BrNO. The first-order valence-corrected chi connectivity index (χ1v) is 6.57. The van der Waals surface area contributed by atoms with Gasteiger partial charge >= 0.3 is 0 Å². The molecule has 1 rings (SSSR count). The molecule has 0 aliphatic rings. The van der Waals surface area contributed by atoms with Gasteiger partial charge in [0.2, 0.25) is 0 Å². The Morgan fingerprint density at radius 2 is 2.00 bits per heavy atom. The Kier molecular flexibility index (Phi) is 6.69. The molecule has 0 aliphatic carbocycles. The van der Waals surface area contributed by atoms with Gasteiger partial charge < -0.3 is 10.1 Å². The maximum absolute atomic E-state index is 5.28. The van der Waals surface area contributed by atoms with Crippen LogP contribution in [0.1, 0.15) is 19.4 Å². The molecule has 0 aromatic heterocycles. The van der Waals surface area contributed by atoms with Crippen molar-refractivity contribution in [2.75, 3.05) is 19.8 Å². The lowest BCUT2D eigenvalue weighted by Crippen LogP contribution is -2.31. The average Bonchev–Trinajstić information content (AvgIpc) is 2.28. The van der Waals surface area contributed by atoms with Gasteiger partial charge in [-0.15, -0.1) is 0 Å². The molecule has 0 aliphatic heterocycles. The minimum atomic E-state index is 0.488.